The molecule has 4 N–H and O–H groups in total. The predicted molar refractivity (Wildman–Crippen MR) is 102 cm³/mol. The molecule has 2 aromatic carbocycles. The van der Waals surface area contributed by atoms with Crippen molar-refractivity contribution in [3.05, 3.63) is 87.3 Å². The number of hydrogen-bond donors (Lipinski definition) is 3. The number of hydrogen-bond acceptors (Lipinski definition) is 5. The summed E-state index contributed by atoms with van der Waals surface area (Å²) in [5.74, 6) is -1.68. The van der Waals surface area contributed by atoms with Crippen molar-refractivity contribution >= 4 is 11.8 Å². The van der Waals surface area contributed by atoms with E-state index in [0.717, 1.165) is 21.9 Å². The van der Waals surface area contributed by atoms with Crippen molar-refractivity contribution in [3.63, 3.8) is 0 Å². The Morgan fingerprint density at radius 3 is 2.50 bits per heavy atom. The first-order valence-corrected chi connectivity index (χ1v) is 8.42. The third kappa shape index (κ3) is 4.07. The lowest BCUT2D eigenvalue weighted by atomic mass is 10.1. The summed E-state index contributed by atoms with van der Waals surface area (Å²) in [5, 5.41) is 16.6. The van der Waals surface area contributed by atoms with Crippen LogP contribution in [0.3, 0.4) is 0 Å². The molecule has 0 saturated carbocycles. The van der Waals surface area contributed by atoms with E-state index in [9.17, 15) is 19.5 Å². The highest BCUT2D eigenvalue weighted by molar-refractivity contribution is 5.94. The van der Waals surface area contributed by atoms with Gasteiger partial charge >= 0.3 is 0 Å². The van der Waals surface area contributed by atoms with E-state index in [2.05, 4.69) is 10.4 Å². The Labute approximate surface area is 160 Å². The molecule has 8 heteroatoms. The van der Waals surface area contributed by atoms with Gasteiger partial charge in [-0.1, -0.05) is 24.3 Å². The molecule has 0 radical (unpaired) electrons. The molecule has 28 heavy (non-hydrogen) atoms. The van der Waals surface area contributed by atoms with Crippen LogP contribution in [-0.4, -0.2) is 26.7 Å². The van der Waals surface area contributed by atoms with Crippen molar-refractivity contribution in [2.24, 2.45) is 5.73 Å². The molecule has 0 spiro atoms. The minimum atomic E-state index is -0.641. The smallest absolute Gasteiger partial charge is 0.275 e. The Morgan fingerprint density at radius 1 is 1.14 bits per heavy atom. The standard InChI is InChI=1S/C20H18N4O4/c1-12-3-2-4-15(9-12)24-17(26)10-16(25)18(23-24)20(28)22-11-13-5-7-14(8-6-13)19(21)27/h2-10,25H,11H2,1H3,(H2,21,27)(H,22,28). The molecule has 8 nitrogen and oxygen atoms in total. The molecule has 3 rings (SSSR count). The van der Waals surface area contributed by atoms with Gasteiger partial charge in [-0.25, -0.2) is 0 Å². The Kier molecular flexibility index (Phi) is 5.21. The van der Waals surface area contributed by atoms with Gasteiger partial charge in [-0.3, -0.25) is 14.4 Å². The van der Waals surface area contributed by atoms with Crippen molar-refractivity contribution in [1.29, 1.82) is 0 Å². The number of benzene rings is 2. The first-order valence-electron chi connectivity index (χ1n) is 8.42. The van der Waals surface area contributed by atoms with Gasteiger partial charge in [0.25, 0.3) is 11.5 Å². The van der Waals surface area contributed by atoms with Crippen molar-refractivity contribution in [1.82, 2.24) is 15.1 Å². The Hall–Kier alpha value is -3.94. The van der Waals surface area contributed by atoms with E-state index < -0.39 is 23.1 Å². The molecule has 1 heterocycles. The number of primary amides is 1. The highest BCUT2D eigenvalue weighted by Gasteiger charge is 2.17. The topological polar surface area (TPSA) is 127 Å². The van der Waals surface area contributed by atoms with E-state index in [1.54, 1.807) is 42.5 Å². The summed E-state index contributed by atoms with van der Waals surface area (Å²) in [6.07, 6.45) is 0. The van der Waals surface area contributed by atoms with Crippen LogP contribution in [0.25, 0.3) is 5.69 Å². The zero-order valence-electron chi connectivity index (χ0n) is 15.0. The summed E-state index contributed by atoms with van der Waals surface area (Å²) in [6.45, 7) is 2.01. The summed E-state index contributed by atoms with van der Waals surface area (Å²) in [6, 6.07) is 14.4. The van der Waals surface area contributed by atoms with Crippen molar-refractivity contribution in [2.45, 2.75) is 13.5 Å². The Bertz CT molecular complexity index is 1100. The third-order valence-corrected chi connectivity index (χ3v) is 4.06. The molecule has 0 bridgehead atoms. The first kappa shape index (κ1) is 18.8. The van der Waals surface area contributed by atoms with Crippen LogP contribution in [0.2, 0.25) is 0 Å². The lowest BCUT2D eigenvalue weighted by molar-refractivity contribution is 0.0939. The minimum Gasteiger partial charge on any atom is -0.505 e. The molecule has 0 unspecified atom stereocenters. The largest absolute Gasteiger partial charge is 0.505 e. The monoisotopic (exact) mass is 378 g/mol. The molecular weight excluding hydrogens is 360 g/mol. The molecule has 2 amide bonds. The number of carbonyl (C=O) groups is 2. The zero-order chi connectivity index (χ0) is 20.3. The summed E-state index contributed by atoms with van der Waals surface area (Å²) in [7, 11) is 0. The van der Waals surface area contributed by atoms with E-state index in [1.165, 1.54) is 0 Å². The second-order valence-corrected chi connectivity index (χ2v) is 6.21. The summed E-state index contributed by atoms with van der Waals surface area (Å²) < 4.78 is 1.06. The van der Waals surface area contributed by atoms with Crippen molar-refractivity contribution in [2.75, 3.05) is 0 Å². The molecule has 0 saturated heterocycles. The Morgan fingerprint density at radius 2 is 1.86 bits per heavy atom. The highest BCUT2D eigenvalue weighted by atomic mass is 16.3. The maximum absolute atomic E-state index is 12.5. The fourth-order valence-corrected chi connectivity index (χ4v) is 2.61. The van der Waals surface area contributed by atoms with Gasteiger partial charge in [-0.15, -0.1) is 0 Å². The van der Waals surface area contributed by atoms with Gasteiger partial charge in [-0.05, 0) is 42.3 Å². The third-order valence-electron chi connectivity index (χ3n) is 4.06. The number of rotatable bonds is 5. The second-order valence-electron chi connectivity index (χ2n) is 6.21. The number of nitrogens with zero attached hydrogens (tertiary/aromatic N) is 2. The second kappa shape index (κ2) is 7.75. The van der Waals surface area contributed by atoms with E-state index >= 15 is 0 Å². The lowest BCUT2D eigenvalue weighted by Gasteiger charge is -2.10. The van der Waals surface area contributed by atoms with E-state index in [0.29, 0.717) is 11.3 Å². The lowest BCUT2D eigenvalue weighted by Crippen LogP contribution is -2.29. The van der Waals surface area contributed by atoms with Gasteiger partial charge in [0, 0.05) is 18.2 Å². The van der Waals surface area contributed by atoms with Crippen molar-refractivity contribution in [3.8, 4) is 11.4 Å². The average molecular weight is 378 g/mol. The number of carbonyl (C=O) groups excluding carboxylic acids is 2. The van der Waals surface area contributed by atoms with Crippen molar-refractivity contribution < 1.29 is 14.7 Å². The number of aromatic hydroxyl groups is 1. The summed E-state index contributed by atoms with van der Waals surface area (Å²) in [4.78, 5) is 35.7. The highest BCUT2D eigenvalue weighted by Crippen LogP contribution is 2.14. The maximum Gasteiger partial charge on any atom is 0.275 e. The van der Waals surface area contributed by atoms with Crippen LogP contribution < -0.4 is 16.6 Å². The quantitative estimate of drug-likeness (QED) is 0.616. The SMILES string of the molecule is Cc1cccc(-n2nc(C(=O)NCc3ccc(C(N)=O)cc3)c(O)cc2=O)c1. The average Bonchev–Trinajstić information content (AvgIpc) is 2.66. The molecule has 0 fully saturated rings. The van der Waals surface area contributed by atoms with Gasteiger partial charge in [0.05, 0.1) is 5.69 Å². The molecule has 0 aliphatic rings. The number of amides is 2. The van der Waals surface area contributed by atoms with Crippen LogP contribution in [0.15, 0.2) is 59.4 Å². The summed E-state index contributed by atoms with van der Waals surface area (Å²) >= 11 is 0. The fraction of sp³-hybridized carbons (Fsp3) is 0.100. The van der Waals surface area contributed by atoms with Crippen LogP contribution in [0.5, 0.6) is 5.75 Å². The summed E-state index contributed by atoms with van der Waals surface area (Å²) in [5.41, 5.74) is 6.86. The van der Waals surface area contributed by atoms with E-state index in [-0.39, 0.29) is 12.2 Å². The van der Waals surface area contributed by atoms with Crippen LogP contribution in [-0.2, 0) is 6.54 Å². The van der Waals surface area contributed by atoms with Crippen LogP contribution in [0.1, 0.15) is 32.0 Å². The van der Waals surface area contributed by atoms with Crippen LogP contribution in [0.4, 0.5) is 0 Å². The number of nitrogens with two attached hydrogens (primary N) is 1. The number of nitrogens with one attached hydrogen (secondary N) is 1. The van der Waals surface area contributed by atoms with E-state index in [4.69, 9.17) is 5.73 Å². The van der Waals surface area contributed by atoms with E-state index in [1.807, 2.05) is 13.0 Å². The molecule has 0 atom stereocenters. The number of aromatic nitrogens is 2. The van der Waals surface area contributed by atoms with Gasteiger partial charge < -0.3 is 16.2 Å². The molecule has 3 aromatic rings. The van der Waals surface area contributed by atoms with Crippen LogP contribution in [0, 0.1) is 6.92 Å². The van der Waals surface area contributed by atoms with Gasteiger partial charge in [0.2, 0.25) is 5.91 Å². The fourth-order valence-electron chi connectivity index (χ4n) is 2.61. The molecule has 0 aliphatic heterocycles. The maximum atomic E-state index is 12.5. The molecule has 142 valence electrons. The normalized spacial score (nSPS) is 10.5. The zero-order valence-corrected chi connectivity index (χ0v) is 15.0. The Balaban J connectivity index is 1.82. The molecule has 1 aromatic heterocycles. The first-order chi connectivity index (χ1) is 13.3. The van der Waals surface area contributed by atoms with Crippen LogP contribution >= 0.6 is 0 Å². The predicted octanol–water partition coefficient (Wildman–Crippen LogP) is 1.28. The number of aryl methyl sites for hydroxylation is 1. The minimum absolute atomic E-state index is 0.141. The molecule has 0 aliphatic carbocycles. The van der Waals surface area contributed by atoms with Gasteiger partial charge in [0.15, 0.2) is 11.4 Å². The molecular formula is C20H18N4O4. The van der Waals surface area contributed by atoms with Gasteiger partial charge in [0.1, 0.15) is 0 Å². The van der Waals surface area contributed by atoms with Gasteiger partial charge in [-0.2, -0.15) is 9.78 Å².